The van der Waals surface area contributed by atoms with Gasteiger partial charge in [-0.3, -0.25) is 0 Å². The fourth-order valence-electron chi connectivity index (χ4n) is 1.46. The monoisotopic (exact) mass is 224 g/mol. The minimum Gasteiger partial charge on any atom is -0.394 e. The van der Waals surface area contributed by atoms with E-state index in [1.807, 2.05) is 0 Å². The summed E-state index contributed by atoms with van der Waals surface area (Å²) in [4.78, 5) is 0. The summed E-state index contributed by atoms with van der Waals surface area (Å²) >= 11 is 4.08. The average Bonchev–Trinajstić information content (AvgIpc) is 2.18. The first-order valence-corrected chi connectivity index (χ1v) is 5.05. The van der Waals surface area contributed by atoms with Gasteiger partial charge in [0.2, 0.25) is 0 Å². The maximum Gasteiger partial charge on any atom is 0.169 e. The molecule has 0 radical (unpaired) electrons. The first-order chi connectivity index (χ1) is 6.61. The highest BCUT2D eigenvalue weighted by Gasteiger charge is 2.43. The summed E-state index contributed by atoms with van der Waals surface area (Å²) in [7, 11) is 0. The molecule has 0 amide bonds. The van der Waals surface area contributed by atoms with Crippen LogP contribution in [0.1, 0.15) is 6.92 Å². The largest absolute Gasteiger partial charge is 0.394 e. The number of ether oxygens (including phenoxy) is 2. The molecule has 0 aromatic carbocycles. The van der Waals surface area contributed by atoms with Crippen molar-refractivity contribution >= 4 is 12.6 Å². The fourth-order valence-corrected chi connectivity index (χ4v) is 1.79. The van der Waals surface area contributed by atoms with Gasteiger partial charge in [-0.25, -0.2) is 0 Å². The Morgan fingerprint density at radius 3 is 2.57 bits per heavy atom. The lowest BCUT2D eigenvalue weighted by molar-refractivity contribution is -0.242. The van der Waals surface area contributed by atoms with Crippen LogP contribution in [0.4, 0.5) is 0 Å². The molecule has 0 spiro atoms. The zero-order chi connectivity index (χ0) is 10.7. The van der Waals surface area contributed by atoms with Crippen LogP contribution in [0.15, 0.2) is 0 Å². The summed E-state index contributed by atoms with van der Waals surface area (Å²) in [6, 6.07) is 0. The van der Waals surface area contributed by atoms with Crippen LogP contribution in [-0.4, -0.2) is 58.4 Å². The molecule has 0 saturated carbocycles. The van der Waals surface area contributed by atoms with Crippen LogP contribution in [0.25, 0.3) is 0 Å². The topological polar surface area (TPSA) is 79.2 Å². The molecule has 1 fully saturated rings. The zero-order valence-corrected chi connectivity index (χ0v) is 8.80. The standard InChI is InChI=1S/C8H16O5S/c1-2-12-6-5(10)4(3-9)13-8(11)7(6)14/h4-11,14H,2-3H2,1H3/t4-,5-,6+,7-,8?/m1/s1. The van der Waals surface area contributed by atoms with Crippen LogP contribution in [0.2, 0.25) is 0 Å². The molecule has 0 bridgehead atoms. The Kier molecular flexibility index (Phi) is 4.62. The molecule has 5 nitrogen and oxygen atoms in total. The van der Waals surface area contributed by atoms with Crippen molar-refractivity contribution in [1.82, 2.24) is 0 Å². The predicted molar refractivity (Wildman–Crippen MR) is 52.2 cm³/mol. The molecule has 0 aromatic heterocycles. The van der Waals surface area contributed by atoms with Crippen LogP contribution in [-0.2, 0) is 9.47 Å². The van der Waals surface area contributed by atoms with Gasteiger partial charge in [0.05, 0.1) is 11.9 Å². The third-order valence-corrected chi connectivity index (χ3v) is 2.75. The maximum atomic E-state index is 9.68. The zero-order valence-electron chi connectivity index (χ0n) is 7.91. The lowest BCUT2D eigenvalue weighted by Crippen LogP contribution is -2.57. The predicted octanol–water partition coefficient (Wildman–Crippen LogP) is -1.24. The van der Waals surface area contributed by atoms with Crippen LogP contribution < -0.4 is 0 Å². The molecule has 5 atom stereocenters. The lowest BCUT2D eigenvalue weighted by Gasteiger charge is -2.40. The molecular weight excluding hydrogens is 208 g/mol. The van der Waals surface area contributed by atoms with Crippen LogP contribution in [0, 0.1) is 0 Å². The van der Waals surface area contributed by atoms with E-state index in [1.54, 1.807) is 6.92 Å². The molecule has 1 saturated heterocycles. The first-order valence-electron chi connectivity index (χ1n) is 4.54. The van der Waals surface area contributed by atoms with Gasteiger partial charge in [0.1, 0.15) is 18.3 Å². The van der Waals surface area contributed by atoms with Crippen molar-refractivity contribution < 1.29 is 24.8 Å². The van der Waals surface area contributed by atoms with Crippen molar-refractivity contribution in [2.75, 3.05) is 13.2 Å². The number of hydrogen-bond acceptors (Lipinski definition) is 6. The van der Waals surface area contributed by atoms with Crippen molar-refractivity contribution in [3.8, 4) is 0 Å². The van der Waals surface area contributed by atoms with Gasteiger partial charge in [0, 0.05) is 6.61 Å². The third kappa shape index (κ3) is 2.39. The number of thiol groups is 1. The van der Waals surface area contributed by atoms with E-state index in [0.29, 0.717) is 6.61 Å². The number of aliphatic hydroxyl groups is 3. The molecule has 6 heteroatoms. The normalized spacial score (nSPS) is 43.9. The molecule has 14 heavy (non-hydrogen) atoms. The van der Waals surface area contributed by atoms with Gasteiger partial charge in [-0.1, -0.05) is 0 Å². The quantitative estimate of drug-likeness (QED) is 0.451. The van der Waals surface area contributed by atoms with Crippen LogP contribution in [0.3, 0.4) is 0 Å². The first kappa shape index (κ1) is 12.2. The molecule has 1 heterocycles. The molecule has 1 aliphatic heterocycles. The summed E-state index contributed by atoms with van der Waals surface area (Å²) in [6.45, 7) is 1.83. The second-order valence-electron chi connectivity index (χ2n) is 3.15. The molecule has 0 aromatic rings. The fraction of sp³-hybridized carbons (Fsp3) is 1.00. The Morgan fingerprint density at radius 1 is 1.43 bits per heavy atom. The summed E-state index contributed by atoms with van der Waals surface area (Å²) < 4.78 is 10.2. The highest BCUT2D eigenvalue weighted by molar-refractivity contribution is 7.81. The Morgan fingerprint density at radius 2 is 2.07 bits per heavy atom. The third-order valence-electron chi connectivity index (χ3n) is 2.20. The molecule has 1 unspecified atom stereocenters. The van der Waals surface area contributed by atoms with Gasteiger partial charge in [0.25, 0.3) is 0 Å². The summed E-state index contributed by atoms with van der Waals surface area (Å²) in [5, 5.41) is 27.3. The number of aliphatic hydroxyl groups excluding tert-OH is 3. The van der Waals surface area contributed by atoms with Crippen molar-refractivity contribution in [3.63, 3.8) is 0 Å². The van der Waals surface area contributed by atoms with Gasteiger partial charge in [0.15, 0.2) is 6.29 Å². The molecule has 0 aliphatic carbocycles. The van der Waals surface area contributed by atoms with E-state index in [9.17, 15) is 10.2 Å². The van der Waals surface area contributed by atoms with E-state index in [4.69, 9.17) is 14.6 Å². The van der Waals surface area contributed by atoms with E-state index in [1.165, 1.54) is 0 Å². The minimum absolute atomic E-state index is 0.359. The van der Waals surface area contributed by atoms with Crippen molar-refractivity contribution in [1.29, 1.82) is 0 Å². The Hall–Kier alpha value is 0.150. The highest BCUT2D eigenvalue weighted by Crippen LogP contribution is 2.25. The van der Waals surface area contributed by atoms with Crippen LogP contribution >= 0.6 is 12.6 Å². The lowest BCUT2D eigenvalue weighted by atomic mass is 10.0. The van der Waals surface area contributed by atoms with Crippen molar-refractivity contribution in [2.24, 2.45) is 0 Å². The Bertz CT molecular complexity index is 179. The SMILES string of the molecule is CCO[C@H]1[C@H](O)[C@@H](CO)OC(O)[C@@H]1S. The smallest absolute Gasteiger partial charge is 0.169 e. The molecule has 84 valence electrons. The molecule has 1 aliphatic rings. The Labute approximate surface area is 88.1 Å². The van der Waals surface area contributed by atoms with Crippen molar-refractivity contribution in [3.05, 3.63) is 0 Å². The van der Waals surface area contributed by atoms with Gasteiger partial charge < -0.3 is 24.8 Å². The van der Waals surface area contributed by atoms with E-state index in [-0.39, 0.29) is 6.61 Å². The van der Waals surface area contributed by atoms with E-state index >= 15 is 0 Å². The van der Waals surface area contributed by atoms with E-state index < -0.39 is 29.9 Å². The maximum absolute atomic E-state index is 9.68. The second-order valence-corrected chi connectivity index (χ2v) is 3.75. The summed E-state index contributed by atoms with van der Waals surface area (Å²) in [5.41, 5.74) is 0. The molecule has 3 N–H and O–H groups in total. The van der Waals surface area contributed by atoms with Gasteiger partial charge in [-0.15, -0.1) is 0 Å². The van der Waals surface area contributed by atoms with Gasteiger partial charge in [-0.2, -0.15) is 12.6 Å². The van der Waals surface area contributed by atoms with E-state index in [0.717, 1.165) is 0 Å². The minimum atomic E-state index is -1.13. The average molecular weight is 224 g/mol. The summed E-state index contributed by atoms with van der Waals surface area (Å²) in [6.07, 6.45) is -3.53. The van der Waals surface area contributed by atoms with Gasteiger partial charge in [-0.05, 0) is 6.92 Å². The van der Waals surface area contributed by atoms with E-state index in [2.05, 4.69) is 12.6 Å². The summed E-state index contributed by atoms with van der Waals surface area (Å²) in [5.74, 6) is 0. The molecular formula is C8H16O5S. The van der Waals surface area contributed by atoms with Crippen LogP contribution in [0.5, 0.6) is 0 Å². The molecule has 1 rings (SSSR count). The highest BCUT2D eigenvalue weighted by atomic mass is 32.1. The Balaban J connectivity index is 2.67. The second kappa shape index (κ2) is 5.29. The number of hydrogen-bond donors (Lipinski definition) is 4. The number of rotatable bonds is 3. The van der Waals surface area contributed by atoms with Gasteiger partial charge >= 0.3 is 0 Å². The van der Waals surface area contributed by atoms with Crippen molar-refractivity contribution in [2.45, 2.75) is 36.8 Å².